The van der Waals surface area contributed by atoms with E-state index in [-0.39, 0.29) is 16.3 Å². The van der Waals surface area contributed by atoms with E-state index in [1.54, 1.807) is 6.92 Å². The number of nitro benzene ring substituents is 1. The van der Waals surface area contributed by atoms with Crippen LogP contribution in [0.3, 0.4) is 0 Å². The number of nitrogens with one attached hydrogen (secondary N) is 1. The summed E-state index contributed by atoms with van der Waals surface area (Å²) < 4.78 is 39.2. The number of benzene rings is 2. The molecule has 0 atom stereocenters. The Kier molecular flexibility index (Phi) is 5.68. The van der Waals surface area contributed by atoms with Crippen LogP contribution in [0.4, 0.5) is 15.8 Å². The molecule has 0 spiro atoms. The van der Waals surface area contributed by atoms with Gasteiger partial charge in [-0.15, -0.1) is 0 Å². The third-order valence-electron chi connectivity index (χ3n) is 3.56. The van der Waals surface area contributed by atoms with Crippen LogP contribution in [0.2, 0.25) is 0 Å². The molecule has 0 radical (unpaired) electrons. The molecule has 138 valence electrons. The number of amides is 1. The topological polar surface area (TPSA) is 110 Å². The van der Waals surface area contributed by atoms with Crippen molar-refractivity contribution in [1.29, 1.82) is 0 Å². The predicted molar refractivity (Wildman–Crippen MR) is 92.7 cm³/mol. The van der Waals surface area contributed by atoms with Crippen LogP contribution in [0.25, 0.3) is 0 Å². The molecule has 1 amide bonds. The van der Waals surface area contributed by atoms with Crippen LogP contribution in [-0.2, 0) is 14.8 Å². The second-order valence-corrected chi connectivity index (χ2v) is 7.57. The smallest absolute Gasteiger partial charge is 0.270 e. The molecule has 2 rings (SSSR count). The minimum atomic E-state index is -4.10. The van der Waals surface area contributed by atoms with Crippen LogP contribution in [-0.4, -0.2) is 37.1 Å². The first-order valence-electron chi connectivity index (χ1n) is 7.38. The first-order chi connectivity index (χ1) is 12.1. The van der Waals surface area contributed by atoms with Gasteiger partial charge in [-0.2, -0.15) is 4.31 Å². The average Bonchev–Trinajstić information content (AvgIpc) is 2.58. The van der Waals surface area contributed by atoms with Crippen molar-refractivity contribution in [2.24, 2.45) is 0 Å². The van der Waals surface area contributed by atoms with Crippen LogP contribution in [0.15, 0.2) is 47.4 Å². The van der Waals surface area contributed by atoms with Crippen molar-refractivity contribution in [3.63, 3.8) is 0 Å². The quantitative estimate of drug-likeness (QED) is 0.610. The highest BCUT2D eigenvalue weighted by atomic mass is 32.2. The molecule has 0 unspecified atom stereocenters. The van der Waals surface area contributed by atoms with E-state index < -0.39 is 33.2 Å². The molecule has 0 aliphatic carbocycles. The SMILES string of the molecule is Cc1ccc(NC(=O)CN(C)S(=O)(=O)c2cccc([N+](=O)[O-])c2)cc1F. The molecule has 1 N–H and O–H groups in total. The molecule has 8 nitrogen and oxygen atoms in total. The third kappa shape index (κ3) is 4.41. The number of nitrogens with zero attached hydrogens (tertiary/aromatic N) is 2. The van der Waals surface area contributed by atoms with E-state index in [4.69, 9.17) is 0 Å². The molecule has 0 aliphatic rings. The van der Waals surface area contributed by atoms with Gasteiger partial charge < -0.3 is 5.32 Å². The summed E-state index contributed by atoms with van der Waals surface area (Å²) in [6.07, 6.45) is 0. The van der Waals surface area contributed by atoms with E-state index in [1.807, 2.05) is 0 Å². The number of nitro groups is 1. The number of likely N-dealkylation sites (N-methyl/N-ethyl adjacent to an activating group) is 1. The molecule has 0 aliphatic heterocycles. The maximum absolute atomic E-state index is 13.5. The van der Waals surface area contributed by atoms with E-state index in [0.717, 1.165) is 22.5 Å². The highest BCUT2D eigenvalue weighted by Crippen LogP contribution is 2.20. The van der Waals surface area contributed by atoms with Gasteiger partial charge in [0.05, 0.1) is 16.4 Å². The van der Waals surface area contributed by atoms with Crippen molar-refractivity contribution >= 4 is 27.3 Å². The monoisotopic (exact) mass is 381 g/mol. The van der Waals surface area contributed by atoms with Gasteiger partial charge in [-0.05, 0) is 30.7 Å². The van der Waals surface area contributed by atoms with Crippen molar-refractivity contribution in [1.82, 2.24) is 4.31 Å². The molecule has 0 saturated heterocycles. The van der Waals surface area contributed by atoms with E-state index in [0.29, 0.717) is 5.56 Å². The fourth-order valence-electron chi connectivity index (χ4n) is 2.10. The number of non-ortho nitro benzene ring substituents is 1. The first-order valence-corrected chi connectivity index (χ1v) is 8.82. The number of sulfonamides is 1. The highest BCUT2D eigenvalue weighted by molar-refractivity contribution is 7.89. The van der Waals surface area contributed by atoms with Gasteiger partial charge in [0, 0.05) is 24.9 Å². The Balaban J connectivity index is 2.13. The Morgan fingerprint density at radius 1 is 1.27 bits per heavy atom. The lowest BCUT2D eigenvalue weighted by Crippen LogP contribution is -2.35. The van der Waals surface area contributed by atoms with Crippen molar-refractivity contribution in [3.8, 4) is 0 Å². The summed E-state index contributed by atoms with van der Waals surface area (Å²) in [5, 5.41) is 13.2. The maximum Gasteiger partial charge on any atom is 0.270 e. The summed E-state index contributed by atoms with van der Waals surface area (Å²) in [4.78, 5) is 21.8. The summed E-state index contributed by atoms with van der Waals surface area (Å²) in [7, 11) is -2.93. The summed E-state index contributed by atoms with van der Waals surface area (Å²) in [6, 6.07) is 8.62. The summed E-state index contributed by atoms with van der Waals surface area (Å²) in [6.45, 7) is 1.03. The zero-order valence-corrected chi connectivity index (χ0v) is 14.8. The number of carbonyl (C=O) groups is 1. The van der Waals surface area contributed by atoms with Crippen LogP contribution in [0.1, 0.15) is 5.56 Å². The lowest BCUT2D eigenvalue weighted by atomic mass is 10.2. The molecule has 0 bridgehead atoms. The maximum atomic E-state index is 13.5. The molecule has 0 fully saturated rings. The average molecular weight is 381 g/mol. The molecular weight excluding hydrogens is 365 g/mol. The number of hydrogen-bond donors (Lipinski definition) is 1. The minimum Gasteiger partial charge on any atom is -0.325 e. The summed E-state index contributed by atoms with van der Waals surface area (Å²) in [5.41, 5.74) is 0.228. The van der Waals surface area contributed by atoms with Crippen LogP contribution in [0, 0.1) is 22.9 Å². The number of halogens is 1. The predicted octanol–water partition coefficient (Wildman–Crippen LogP) is 2.30. The molecular formula is C16H16FN3O5S. The van der Waals surface area contributed by atoms with E-state index >= 15 is 0 Å². The normalized spacial score (nSPS) is 11.4. The fourth-order valence-corrected chi connectivity index (χ4v) is 3.26. The molecule has 0 heterocycles. The van der Waals surface area contributed by atoms with Crippen molar-refractivity contribution in [3.05, 3.63) is 64.0 Å². The molecule has 0 aromatic heterocycles. The second-order valence-electron chi connectivity index (χ2n) is 5.53. The zero-order chi connectivity index (χ0) is 19.5. The zero-order valence-electron chi connectivity index (χ0n) is 14.0. The molecule has 2 aromatic carbocycles. The number of carbonyl (C=O) groups excluding carboxylic acids is 1. The first kappa shape index (κ1) is 19.5. The number of aryl methyl sites for hydroxylation is 1. The van der Waals surface area contributed by atoms with Gasteiger partial charge in [-0.3, -0.25) is 14.9 Å². The third-order valence-corrected chi connectivity index (χ3v) is 5.36. The second kappa shape index (κ2) is 7.58. The highest BCUT2D eigenvalue weighted by Gasteiger charge is 2.24. The van der Waals surface area contributed by atoms with Gasteiger partial charge in [-0.25, -0.2) is 12.8 Å². The number of rotatable bonds is 6. The number of anilines is 1. The standard InChI is InChI=1S/C16H16FN3O5S/c1-11-6-7-12(8-15(11)17)18-16(21)10-19(2)26(24,25)14-5-3-4-13(9-14)20(22)23/h3-9H,10H2,1-2H3,(H,18,21). The number of hydrogen-bond acceptors (Lipinski definition) is 5. The van der Waals surface area contributed by atoms with Gasteiger partial charge in [0.25, 0.3) is 5.69 Å². The van der Waals surface area contributed by atoms with Crippen LogP contribution in [0.5, 0.6) is 0 Å². The van der Waals surface area contributed by atoms with E-state index in [9.17, 15) is 27.7 Å². The Hall–Kier alpha value is -2.85. The van der Waals surface area contributed by atoms with Crippen LogP contribution >= 0.6 is 0 Å². The van der Waals surface area contributed by atoms with Crippen molar-refractivity contribution < 1.29 is 22.5 Å². The summed E-state index contributed by atoms with van der Waals surface area (Å²) in [5.74, 6) is -1.18. The lowest BCUT2D eigenvalue weighted by molar-refractivity contribution is -0.385. The van der Waals surface area contributed by atoms with Crippen molar-refractivity contribution in [2.75, 3.05) is 18.9 Å². The Morgan fingerprint density at radius 2 is 1.96 bits per heavy atom. The van der Waals surface area contributed by atoms with Gasteiger partial charge in [0.2, 0.25) is 15.9 Å². The molecule has 26 heavy (non-hydrogen) atoms. The van der Waals surface area contributed by atoms with Gasteiger partial charge in [-0.1, -0.05) is 12.1 Å². The Labute approximate surface area is 149 Å². The van der Waals surface area contributed by atoms with E-state index in [2.05, 4.69) is 5.32 Å². The van der Waals surface area contributed by atoms with Gasteiger partial charge >= 0.3 is 0 Å². The fraction of sp³-hybridized carbons (Fsp3) is 0.188. The largest absolute Gasteiger partial charge is 0.325 e. The summed E-state index contributed by atoms with van der Waals surface area (Å²) >= 11 is 0. The van der Waals surface area contributed by atoms with Gasteiger partial charge in [0.15, 0.2) is 0 Å². The van der Waals surface area contributed by atoms with E-state index in [1.165, 1.54) is 31.3 Å². The minimum absolute atomic E-state index is 0.194. The lowest BCUT2D eigenvalue weighted by Gasteiger charge is -2.17. The molecule has 10 heteroatoms. The molecule has 2 aromatic rings. The molecule has 0 saturated carbocycles. The Bertz CT molecular complexity index is 962. The van der Waals surface area contributed by atoms with Crippen molar-refractivity contribution in [2.45, 2.75) is 11.8 Å². The van der Waals surface area contributed by atoms with Crippen LogP contribution < -0.4 is 5.32 Å². The Morgan fingerprint density at radius 3 is 2.58 bits per heavy atom. The van der Waals surface area contributed by atoms with Gasteiger partial charge in [0.1, 0.15) is 5.82 Å².